The fourth-order valence-corrected chi connectivity index (χ4v) is 5.58. The molecule has 0 saturated heterocycles. The maximum absolute atomic E-state index is 14.6. The standard InChI is InChI=1S/C30H33FN4O3/c1-18-9-10-20(24(14-27(36)37)23-11-12-26-28(19(23)2)32-33-34(26)5)13-22(18)16-35-15-21-7-6-8-25(31)29(21)38-30(3,4)17-35/h6-13,24H,14-17H2,1-5H3,(H,36,37). The number of fused-ring (bicyclic) bond motifs is 2. The van der Waals surface area contributed by atoms with E-state index in [1.54, 1.807) is 10.7 Å². The summed E-state index contributed by atoms with van der Waals surface area (Å²) in [4.78, 5) is 14.2. The fourth-order valence-electron chi connectivity index (χ4n) is 5.58. The van der Waals surface area contributed by atoms with E-state index >= 15 is 0 Å². The zero-order chi connectivity index (χ0) is 27.2. The zero-order valence-corrected chi connectivity index (χ0v) is 22.5. The minimum Gasteiger partial charge on any atom is -0.483 e. The van der Waals surface area contributed by atoms with Crippen LogP contribution in [0.15, 0.2) is 48.5 Å². The van der Waals surface area contributed by atoms with Crippen molar-refractivity contribution in [3.05, 3.63) is 87.7 Å². The first-order valence-electron chi connectivity index (χ1n) is 12.8. The number of carboxylic acids is 1. The molecule has 198 valence electrons. The average molecular weight is 517 g/mol. The predicted molar refractivity (Wildman–Crippen MR) is 144 cm³/mol. The molecule has 1 aliphatic rings. The minimum absolute atomic E-state index is 0.0354. The van der Waals surface area contributed by atoms with E-state index in [2.05, 4.69) is 34.3 Å². The molecule has 0 saturated carbocycles. The molecule has 1 aliphatic heterocycles. The van der Waals surface area contributed by atoms with E-state index in [9.17, 15) is 14.3 Å². The van der Waals surface area contributed by atoms with E-state index in [-0.39, 0.29) is 18.2 Å². The summed E-state index contributed by atoms with van der Waals surface area (Å²) >= 11 is 0. The van der Waals surface area contributed by atoms with Crippen molar-refractivity contribution in [2.45, 2.75) is 58.7 Å². The lowest BCUT2D eigenvalue weighted by molar-refractivity contribution is -0.137. The Morgan fingerprint density at radius 1 is 1.18 bits per heavy atom. The second-order valence-electron chi connectivity index (χ2n) is 10.9. The van der Waals surface area contributed by atoms with Gasteiger partial charge in [0.2, 0.25) is 0 Å². The largest absolute Gasteiger partial charge is 0.483 e. The minimum atomic E-state index is -0.860. The molecule has 0 bridgehead atoms. The van der Waals surface area contributed by atoms with Crippen molar-refractivity contribution >= 4 is 17.0 Å². The third kappa shape index (κ3) is 5.00. The molecule has 5 rings (SSSR count). The predicted octanol–water partition coefficient (Wildman–Crippen LogP) is 5.50. The molecule has 0 fully saturated rings. The van der Waals surface area contributed by atoms with Crippen LogP contribution in [0, 0.1) is 19.7 Å². The molecular weight excluding hydrogens is 483 g/mol. The zero-order valence-electron chi connectivity index (χ0n) is 22.5. The van der Waals surface area contributed by atoms with Crippen LogP contribution >= 0.6 is 0 Å². The Morgan fingerprint density at radius 2 is 1.97 bits per heavy atom. The van der Waals surface area contributed by atoms with Gasteiger partial charge in [0.15, 0.2) is 11.6 Å². The highest BCUT2D eigenvalue weighted by molar-refractivity contribution is 5.80. The van der Waals surface area contributed by atoms with Crippen molar-refractivity contribution in [2.24, 2.45) is 7.05 Å². The third-order valence-corrected chi connectivity index (χ3v) is 7.43. The van der Waals surface area contributed by atoms with Gasteiger partial charge in [0, 0.05) is 38.2 Å². The van der Waals surface area contributed by atoms with Crippen molar-refractivity contribution in [2.75, 3.05) is 6.54 Å². The van der Waals surface area contributed by atoms with Crippen LogP contribution < -0.4 is 4.74 Å². The van der Waals surface area contributed by atoms with Gasteiger partial charge >= 0.3 is 5.97 Å². The first-order valence-corrected chi connectivity index (χ1v) is 12.8. The lowest BCUT2D eigenvalue weighted by atomic mass is 9.84. The molecule has 0 radical (unpaired) electrons. The van der Waals surface area contributed by atoms with Gasteiger partial charge in [-0.25, -0.2) is 9.07 Å². The summed E-state index contributed by atoms with van der Waals surface area (Å²) in [5.41, 5.74) is 6.97. The smallest absolute Gasteiger partial charge is 0.304 e. The lowest BCUT2D eigenvalue weighted by Gasteiger charge is -2.30. The van der Waals surface area contributed by atoms with Gasteiger partial charge in [-0.1, -0.05) is 41.6 Å². The van der Waals surface area contributed by atoms with Crippen LogP contribution in [-0.2, 0) is 24.9 Å². The third-order valence-electron chi connectivity index (χ3n) is 7.43. The number of hydrogen-bond donors (Lipinski definition) is 1. The first kappa shape index (κ1) is 25.9. The van der Waals surface area contributed by atoms with Crippen LogP contribution in [0.3, 0.4) is 0 Å². The Morgan fingerprint density at radius 3 is 2.74 bits per heavy atom. The molecule has 8 heteroatoms. The number of aliphatic carboxylic acids is 1. The highest BCUT2D eigenvalue weighted by Gasteiger charge is 2.31. The molecule has 1 atom stereocenters. The Hall–Kier alpha value is -3.78. The Kier molecular flexibility index (Phi) is 6.69. The molecule has 1 unspecified atom stereocenters. The average Bonchev–Trinajstić information content (AvgIpc) is 3.16. The summed E-state index contributed by atoms with van der Waals surface area (Å²) in [6.07, 6.45) is -0.0354. The van der Waals surface area contributed by atoms with Crippen LogP contribution in [0.25, 0.3) is 11.0 Å². The summed E-state index contributed by atoms with van der Waals surface area (Å²) in [7, 11) is 1.84. The van der Waals surface area contributed by atoms with Crippen LogP contribution in [0.1, 0.15) is 59.6 Å². The van der Waals surface area contributed by atoms with Crippen LogP contribution in [0.2, 0.25) is 0 Å². The number of carboxylic acid groups (broad SMARTS) is 1. The number of hydrogen-bond acceptors (Lipinski definition) is 5. The number of halogens is 1. The fraction of sp³-hybridized carbons (Fsp3) is 0.367. The van der Waals surface area contributed by atoms with Gasteiger partial charge in [0.05, 0.1) is 11.9 Å². The second-order valence-corrected chi connectivity index (χ2v) is 10.9. The lowest BCUT2D eigenvalue weighted by Crippen LogP contribution is -2.40. The Balaban J connectivity index is 1.51. The van der Waals surface area contributed by atoms with Crippen LogP contribution in [0.4, 0.5) is 4.39 Å². The van der Waals surface area contributed by atoms with E-state index in [4.69, 9.17) is 4.74 Å². The summed E-state index contributed by atoms with van der Waals surface area (Å²) in [5.74, 6) is -1.22. The molecular formula is C30H33FN4O3. The number of aryl methyl sites for hydroxylation is 3. The number of ether oxygens (including phenoxy) is 1. The number of nitrogens with zero attached hydrogens (tertiary/aromatic N) is 4. The molecule has 0 amide bonds. The van der Waals surface area contributed by atoms with Crippen LogP contribution in [0.5, 0.6) is 5.75 Å². The molecule has 38 heavy (non-hydrogen) atoms. The van der Waals surface area contributed by atoms with Gasteiger partial charge in [-0.05, 0) is 67.6 Å². The number of carbonyl (C=O) groups is 1. The molecule has 0 aliphatic carbocycles. The van der Waals surface area contributed by atoms with Crippen LogP contribution in [-0.4, -0.2) is 43.1 Å². The second kappa shape index (κ2) is 9.83. The van der Waals surface area contributed by atoms with Crippen molar-refractivity contribution in [1.82, 2.24) is 19.9 Å². The van der Waals surface area contributed by atoms with Crippen molar-refractivity contribution < 1.29 is 19.0 Å². The van der Waals surface area contributed by atoms with Gasteiger partial charge in [-0.2, -0.15) is 0 Å². The van der Waals surface area contributed by atoms with Crippen molar-refractivity contribution in [1.29, 1.82) is 0 Å². The van der Waals surface area contributed by atoms with Gasteiger partial charge in [0.25, 0.3) is 0 Å². The van der Waals surface area contributed by atoms with Gasteiger partial charge in [-0.15, -0.1) is 5.10 Å². The first-order chi connectivity index (χ1) is 18.0. The molecule has 0 spiro atoms. The normalized spacial score (nSPS) is 16.1. The van der Waals surface area contributed by atoms with E-state index < -0.39 is 11.6 Å². The summed E-state index contributed by atoms with van der Waals surface area (Å²) < 4.78 is 22.4. The number of aromatic nitrogens is 3. The van der Waals surface area contributed by atoms with E-state index in [0.717, 1.165) is 44.4 Å². The Labute approximate surface area is 221 Å². The molecule has 1 N–H and O–H groups in total. The summed E-state index contributed by atoms with van der Waals surface area (Å²) in [5, 5.41) is 18.3. The molecule has 7 nitrogen and oxygen atoms in total. The number of benzene rings is 3. The highest BCUT2D eigenvalue weighted by atomic mass is 19.1. The van der Waals surface area contributed by atoms with Gasteiger partial charge in [-0.3, -0.25) is 9.69 Å². The van der Waals surface area contributed by atoms with E-state index in [1.807, 2.05) is 52.1 Å². The highest BCUT2D eigenvalue weighted by Crippen LogP contribution is 2.36. The summed E-state index contributed by atoms with van der Waals surface area (Å²) in [6.45, 7) is 9.79. The number of para-hydroxylation sites is 1. The van der Waals surface area contributed by atoms with E-state index in [1.165, 1.54) is 6.07 Å². The maximum Gasteiger partial charge on any atom is 0.304 e. The SMILES string of the molecule is Cc1ccc(C(CC(=O)O)c2ccc3c(nnn3C)c2C)cc1CN1Cc2cccc(F)c2OC(C)(C)C1. The molecule has 1 aromatic heterocycles. The monoisotopic (exact) mass is 516 g/mol. The molecule has 3 aromatic carbocycles. The van der Waals surface area contributed by atoms with E-state index in [0.29, 0.717) is 25.4 Å². The van der Waals surface area contributed by atoms with Gasteiger partial charge in [0.1, 0.15) is 11.1 Å². The summed E-state index contributed by atoms with van der Waals surface area (Å²) in [6, 6.07) is 15.2. The van der Waals surface area contributed by atoms with Gasteiger partial charge < -0.3 is 9.84 Å². The Bertz CT molecular complexity index is 1530. The molecule has 2 heterocycles. The maximum atomic E-state index is 14.6. The topological polar surface area (TPSA) is 80.5 Å². The van der Waals surface area contributed by atoms with Crippen molar-refractivity contribution in [3.63, 3.8) is 0 Å². The van der Waals surface area contributed by atoms with Crippen molar-refractivity contribution in [3.8, 4) is 5.75 Å². The molecule has 4 aromatic rings. The number of rotatable bonds is 6. The quantitative estimate of drug-likeness (QED) is 0.364.